The number of carbonyl (C=O) groups excluding carboxylic acids is 1. The zero-order chi connectivity index (χ0) is 14.8. The third kappa shape index (κ3) is 2.87. The van der Waals surface area contributed by atoms with Crippen LogP contribution in [0.5, 0.6) is 0 Å². The number of hydrogen-bond donors (Lipinski definition) is 1. The smallest absolute Gasteiger partial charge is 0.324 e. The molecule has 0 aromatic heterocycles. The molecule has 0 spiro atoms. The van der Waals surface area contributed by atoms with Gasteiger partial charge >= 0.3 is 16.2 Å². The van der Waals surface area contributed by atoms with Gasteiger partial charge in [-0.15, -0.1) is 0 Å². The van der Waals surface area contributed by atoms with Gasteiger partial charge in [-0.2, -0.15) is 8.42 Å². The number of anilines is 2. The number of nitrogens with zero attached hydrogens (tertiary/aromatic N) is 1. The van der Waals surface area contributed by atoms with Crippen LogP contribution in [0.3, 0.4) is 0 Å². The second-order valence-electron chi connectivity index (χ2n) is 4.67. The minimum absolute atomic E-state index is 0.0401. The Kier molecular flexibility index (Phi) is 4.17. The fourth-order valence-corrected chi connectivity index (χ4v) is 3.17. The lowest BCUT2D eigenvalue weighted by atomic mass is 10.1. The van der Waals surface area contributed by atoms with Crippen molar-refractivity contribution in [2.45, 2.75) is 20.3 Å². The maximum absolute atomic E-state index is 12.0. The van der Waals surface area contributed by atoms with Crippen LogP contribution >= 0.6 is 0 Å². The van der Waals surface area contributed by atoms with Crippen LogP contribution in [0.25, 0.3) is 0 Å². The van der Waals surface area contributed by atoms with Gasteiger partial charge < -0.3 is 4.74 Å². The minimum atomic E-state index is -3.58. The van der Waals surface area contributed by atoms with Crippen LogP contribution in [-0.4, -0.2) is 27.5 Å². The van der Waals surface area contributed by atoms with E-state index in [1.54, 1.807) is 31.2 Å². The Bertz CT molecular complexity index is 600. The Labute approximate surface area is 118 Å². The summed E-state index contributed by atoms with van der Waals surface area (Å²) >= 11 is 0. The number of hydrogen-bond acceptors (Lipinski definition) is 4. The molecule has 1 aliphatic heterocycles. The van der Waals surface area contributed by atoms with Crippen molar-refractivity contribution >= 4 is 27.6 Å². The third-order valence-corrected chi connectivity index (χ3v) is 4.69. The molecule has 0 amide bonds. The lowest BCUT2D eigenvalue weighted by Gasteiger charge is -2.17. The number of benzene rings is 1. The van der Waals surface area contributed by atoms with E-state index < -0.39 is 10.2 Å². The predicted octanol–water partition coefficient (Wildman–Crippen LogP) is 1.75. The summed E-state index contributed by atoms with van der Waals surface area (Å²) in [6, 6.07) is 6.93. The molecule has 6 nitrogen and oxygen atoms in total. The van der Waals surface area contributed by atoms with Crippen molar-refractivity contribution in [3.05, 3.63) is 24.3 Å². The number of nitrogens with one attached hydrogen (secondary N) is 1. The molecule has 20 heavy (non-hydrogen) atoms. The summed E-state index contributed by atoms with van der Waals surface area (Å²) in [6.45, 7) is 3.83. The lowest BCUT2D eigenvalue weighted by Crippen LogP contribution is -2.33. The van der Waals surface area contributed by atoms with Crippen molar-refractivity contribution in [3.63, 3.8) is 0 Å². The van der Waals surface area contributed by atoms with E-state index in [1.807, 2.05) is 6.92 Å². The highest BCUT2D eigenvalue weighted by atomic mass is 32.2. The Morgan fingerprint density at radius 1 is 1.40 bits per heavy atom. The van der Waals surface area contributed by atoms with Crippen molar-refractivity contribution in [1.29, 1.82) is 0 Å². The lowest BCUT2D eigenvalue weighted by molar-refractivity contribution is -0.147. The van der Waals surface area contributed by atoms with Gasteiger partial charge in [-0.25, -0.2) is 4.31 Å². The Morgan fingerprint density at radius 3 is 2.80 bits per heavy atom. The first-order chi connectivity index (χ1) is 9.45. The van der Waals surface area contributed by atoms with Gasteiger partial charge in [0, 0.05) is 0 Å². The van der Waals surface area contributed by atoms with E-state index in [1.165, 1.54) is 4.31 Å². The molecule has 1 aromatic carbocycles. The van der Waals surface area contributed by atoms with Crippen molar-refractivity contribution in [2.24, 2.45) is 5.92 Å². The molecule has 0 aliphatic carbocycles. The molecule has 7 heteroatoms. The summed E-state index contributed by atoms with van der Waals surface area (Å²) in [7, 11) is -3.58. The number of para-hydroxylation sites is 2. The fraction of sp³-hybridized carbons (Fsp3) is 0.462. The summed E-state index contributed by atoms with van der Waals surface area (Å²) in [5.41, 5.74) is 1.12. The van der Waals surface area contributed by atoms with Crippen LogP contribution in [0.4, 0.5) is 11.4 Å². The van der Waals surface area contributed by atoms with Crippen molar-refractivity contribution in [1.82, 2.24) is 0 Å². The van der Waals surface area contributed by atoms with Crippen LogP contribution in [0.2, 0.25) is 0 Å². The third-order valence-electron chi connectivity index (χ3n) is 3.26. The normalized spacial score (nSPS) is 17.2. The zero-order valence-electron chi connectivity index (χ0n) is 11.5. The number of rotatable bonds is 5. The Balaban J connectivity index is 2.01. The molecule has 0 radical (unpaired) electrons. The number of esters is 1. The molecule has 1 N–H and O–H groups in total. The zero-order valence-corrected chi connectivity index (χ0v) is 12.3. The molecule has 0 bridgehead atoms. The maximum Gasteiger partial charge on any atom is 0.324 e. The monoisotopic (exact) mass is 298 g/mol. The Morgan fingerprint density at radius 2 is 2.10 bits per heavy atom. The van der Waals surface area contributed by atoms with Crippen LogP contribution in [0.1, 0.15) is 20.3 Å². The van der Waals surface area contributed by atoms with E-state index in [2.05, 4.69) is 4.72 Å². The van der Waals surface area contributed by atoms with Gasteiger partial charge in [-0.1, -0.05) is 26.0 Å². The molecular weight excluding hydrogens is 280 g/mol. The molecule has 1 atom stereocenters. The highest BCUT2D eigenvalue weighted by Crippen LogP contribution is 2.34. The van der Waals surface area contributed by atoms with Crippen LogP contribution in [-0.2, 0) is 19.7 Å². The van der Waals surface area contributed by atoms with Crippen LogP contribution in [0.15, 0.2) is 24.3 Å². The van der Waals surface area contributed by atoms with E-state index in [9.17, 15) is 13.2 Å². The van der Waals surface area contributed by atoms with E-state index in [0.29, 0.717) is 17.8 Å². The molecule has 0 saturated heterocycles. The molecule has 2 rings (SSSR count). The Hall–Kier alpha value is -1.76. The number of ether oxygens (including phenoxy) is 1. The number of carbonyl (C=O) groups is 1. The van der Waals surface area contributed by atoms with Gasteiger partial charge in [0.1, 0.15) is 6.61 Å². The topological polar surface area (TPSA) is 75.7 Å². The quantitative estimate of drug-likeness (QED) is 0.840. The highest BCUT2D eigenvalue weighted by Gasteiger charge is 2.32. The molecule has 110 valence electrons. The second kappa shape index (κ2) is 5.70. The average Bonchev–Trinajstić information content (AvgIpc) is 2.68. The molecule has 1 unspecified atom stereocenters. The van der Waals surface area contributed by atoms with Gasteiger partial charge in [-0.3, -0.25) is 9.52 Å². The van der Waals surface area contributed by atoms with Gasteiger partial charge in [0.25, 0.3) is 0 Å². The van der Waals surface area contributed by atoms with E-state index in [0.717, 1.165) is 0 Å². The largest absolute Gasteiger partial charge is 0.464 e. The van der Waals surface area contributed by atoms with Crippen molar-refractivity contribution < 1.29 is 17.9 Å². The van der Waals surface area contributed by atoms with Gasteiger partial charge in [0.2, 0.25) is 0 Å². The van der Waals surface area contributed by atoms with E-state index in [-0.39, 0.29) is 25.0 Å². The summed E-state index contributed by atoms with van der Waals surface area (Å²) in [5.74, 6) is -0.471. The van der Waals surface area contributed by atoms with Crippen LogP contribution in [0, 0.1) is 5.92 Å². The van der Waals surface area contributed by atoms with Gasteiger partial charge in [0.05, 0.1) is 23.8 Å². The first-order valence-corrected chi connectivity index (χ1v) is 7.96. The number of fused-ring (bicyclic) bond motifs is 1. The fourth-order valence-electron chi connectivity index (χ4n) is 1.88. The summed E-state index contributed by atoms with van der Waals surface area (Å²) in [4.78, 5) is 11.5. The summed E-state index contributed by atoms with van der Waals surface area (Å²) in [6.07, 6.45) is 0.700. The molecule has 0 saturated carbocycles. The second-order valence-corrected chi connectivity index (χ2v) is 6.27. The van der Waals surface area contributed by atoms with Crippen LogP contribution < -0.4 is 9.03 Å². The highest BCUT2D eigenvalue weighted by molar-refractivity contribution is 7.94. The molecule has 1 aliphatic rings. The predicted molar refractivity (Wildman–Crippen MR) is 76.7 cm³/mol. The van der Waals surface area contributed by atoms with E-state index in [4.69, 9.17) is 4.74 Å². The average molecular weight is 298 g/mol. The molecular formula is C13H18N2O4S. The standard InChI is InChI=1S/C13H18N2O4S/c1-3-10(2)13(16)19-9-8-15-12-7-5-4-6-11(12)14-20(15,17)18/h4-7,10,14H,3,8-9H2,1-2H3. The maximum atomic E-state index is 12.0. The first-order valence-electron chi connectivity index (χ1n) is 6.52. The van der Waals surface area contributed by atoms with Gasteiger partial charge in [0.15, 0.2) is 0 Å². The SMILES string of the molecule is CCC(C)C(=O)OCCN1c2ccccc2NS1(=O)=O. The molecule has 1 aromatic rings. The van der Waals surface area contributed by atoms with E-state index >= 15 is 0 Å². The summed E-state index contributed by atoms with van der Waals surface area (Å²) < 4.78 is 32.7. The summed E-state index contributed by atoms with van der Waals surface area (Å²) in [5, 5.41) is 0. The molecule has 1 heterocycles. The van der Waals surface area contributed by atoms with Crippen molar-refractivity contribution in [2.75, 3.05) is 22.2 Å². The minimum Gasteiger partial charge on any atom is -0.464 e. The van der Waals surface area contributed by atoms with Crippen molar-refractivity contribution in [3.8, 4) is 0 Å². The first kappa shape index (κ1) is 14.6. The molecule has 0 fully saturated rings. The van der Waals surface area contributed by atoms with Gasteiger partial charge in [-0.05, 0) is 18.6 Å².